The minimum atomic E-state index is 0.0708. The Morgan fingerprint density at radius 2 is 1.83 bits per heavy atom. The number of fused-ring (bicyclic) bond motifs is 1. The molecule has 2 heterocycles. The molecule has 150 valence electrons. The molecule has 2 aromatic carbocycles. The van der Waals surface area contributed by atoms with E-state index in [2.05, 4.69) is 17.9 Å². The van der Waals surface area contributed by atoms with Crippen molar-refractivity contribution >= 4 is 28.3 Å². The average Bonchev–Trinajstić information content (AvgIpc) is 2.77. The summed E-state index contributed by atoms with van der Waals surface area (Å²) in [5, 5.41) is 1.85. The van der Waals surface area contributed by atoms with E-state index in [1.54, 1.807) is 7.11 Å². The van der Waals surface area contributed by atoms with Gasteiger partial charge < -0.3 is 4.74 Å². The molecule has 5 heteroatoms. The number of methoxy groups -OCH3 is 1. The van der Waals surface area contributed by atoms with Gasteiger partial charge in [0.25, 0.3) is 0 Å². The van der Waals surface area contributed by atoms with Crippen molar-refractivity contribution in [3.63, 3.8) is 0 Å². The third-order valence-electron chi connectivity index (χ3n) is 5.85. The molecule has 4 nitrogen and oxygen atoms in total. The lowest BCUT2D eigenvalue weighted by atomic mass is 9.89. The normalized spacial score (nSPS) is 15.6. The second-order valence-corrected chi connectivity index (χ2v) is 8.04. The molecule has 0 unspecified atom stereocenters. The number of hydrogen-bond donors (Lipinski definition) is 0. The van der Waals surface area contributed by atoms with Crippen LogP contribution < -0.4 is 4.74 Å². The summed E-state index contributed by atoms with van der Waals surface area (Å²) >= 11 is 6.62. The Bertz CT molecular complexity index is 1020. The number of ketones is 1. The van der Waals surface area contributed by atoms with Crippen molar-refractivity contribution in [3.05, 3.63) is 70.4 Å². The van der Waals surface area contributed by atoms with Crippen LogP contribution in [0.1, 0.15) is 34.5 Å². The number of ether oxygens (including phenoxy) is 1. The number of halogens is 1. The molecule has 3 aromatic rings. The number of benzene rings is 2. The molecular formula is C24H25ClN2O2. The molecule has 0 bridgehead atoms. The summed E-state index contributed by atoms with van der Waals surface area (Å²) in [4.78, 5) is 20.0. The Balaban J connectivity index is 1.42. The molecule has 0 atom stereocenters. The lowest BCUT2D eigenvalue weighted by Gasteiger charge is -2.31. The van der Waals surface area contributed by atoms with Gasteiger partial charge in [-0.1, -0.05) is 29.8 Å². The van der Waals surface area contributed by atoms with Crippen LogP contribution in [-0.2, 0) is 6.54 Å². The van der Waals surface area contributed by atoms with Crippen LogP contribution in [0.15, 0.2) is 48.5 Å². The summed E-state index contributed by atoms with van der Waals surface area (Å²) < 4.78 is 5.18. The largest absolute Gasteiger partial charge is 0.497 e. The maximum Gasteiger partial charge on any atom is 0.166 e. The molecule has 0 spiro atoms. The fourth-order valence-corrected chi connectivity index (χ4v) is 4.28. The van der Waals surface area contributed by atoms with Gasteiger partial charge in [0.1, 0.15) is 5.75 Å². The van der Waals surface area contributed by atoms with Crippen LogP contribution in [0.25, 0.3) is 10.9 Å². The van der Waals surface area contributed by atoms with E-state index in [0.717, 1.165) is 64.4 Å². The molecule has 1 aliphatic heterocycles. The Kier molecular flexibility index (Phi) is 5.84. The Morgan fingerprint density at radius 1 is 1.14 bits per heavy atom. The number of rotatable bonds is 5. The number of aryl methyl sites for hydroxylation is 1. The zero-order valence-corrected chi connectivity index (χ0v) is 17.6. The minimum Gasteiger partial charge on any atom is -0.497 e. The van der Waals surface area contributed by atoms with Gasteiger partial charge in [0.15, 0.2) is 5.78 Å². The van der Waals surface area contributed by atoms with Crippen LogP contribution in [0, 0.1) is 12.8 Å². The quantitative estimate of drug-likeness (QED) is 0.537. The first-order valence-corrected chi connectivity index (χ1v) is 10.4. The van der Waals surface area contributed by atoms with E-state index in [-0.39, 0.29) is 11.7 Å². The Labute approximate surface area is 176 Å². The SMILES string of the molecule is COc1ccc(C(=O)C2CCN(Cc3nc4ccccc4c(C)c3Cl)CC2)cc1. The first-order valence-electron chi connectivity index (χ1n) is 10.0. The zero-order valence-electron chi connectivity index (χ0n) is 16.8. The number of carbonyl (C=O) groups is 1. The second-order valence-electron chi connectivity index (χ2n) is 7.66. The number of carbonyl (C=O) groups excluding carboxylic acids is 1. The minimum absolute atomic E-state index is 0.0708. The highest BCUT2D eigenvalue weighted by molar-refractivity contribution is 6.32. The summed E-state index contributed by atoms with van der Waals surface area (Å²) in [5.41, 5.74) is 3.74. The van der Waals surface area contributed by atoms with Crippen molar-refractivity contribution in [2.24, 2.45) is 5.92 Å². The number of hydrogen-bond acceptors (Lipinski definition) is 4. The number of pyridine rings is 1. The van der Waals surface area contributed by atoms with Crippen LogP contribution in [0.2, 0.25) is 5.02 Å². The summed E-state index contributed by atoms with van der Waals surface area (Å²) in [6, 6.07) is 15.5. The topological polar surface area (TPSA) is 42.4 Å². The van der Waals surface area contributed by atoms with Gasteiger partial charge in [0.05, 0.1) is 23.3 Å². The predicted octanol–water partition coefficient (Wildman–Crippen LogP) is 5.30. The Morgan fingerprint density at radius 3 is 2.52 bits per heavy atom. The van der Waals surface area contributed by atoms with E-state index in [0.29, 0.717) is 6.54 Å². The smallest absolute Gasteiger partial charge is 0.166 e. The molecule has 29 heavy (non-hydrogen) atoms. The zero-order chi connectivity index (χ0) is 20.4. The number of nitrogens with zero attached hydrogens (tertiary/aromatic N) is 2. The molecule has 0 radical (unpaired) electrons. The molecule has 1 aromatic heterocycles. The van der Waals surface area contributed by atoms with Gasteiger partial charge in [-0.2, -0.15) is 0 Å². The van der Waals surface area contributed by atoms with Crippen LogP contribution in [0.3, 0.4) is 0 Å². The molecule has 1 aliphatic rings. The van der Waals surface area contributed by atoms with Crippen LogP contribution in [0.4, 0.5) is 0 Å². The third kappa shape index (κ3) is 4.14. The molecule has 0 saturated carbocycles. The van der Waals surface area contributed by atoms with E-state index in [9.17, 15) is 4.79 Å². The van der Waals surface area contributed by atoms with Gasteiger partial charge in [-0.3, -0.25) is 9.69 Å². The van der Waals surface area contributed by atoms with Gasteiger partial charge in [0.2, 0.25) is 0 Å². The third-order valence-corrected chi connectivity index (χ3v) is 6.35. The number of likely N-dealkylation sites (tertiary alicyclic amines) is 1. The van der Waals surface area contributed by atoms with Crippen molar-refractivity contribution < 1.29 is 9.53 Å². The van der Waals surface area contributed by atoms with Crippen LogP contribution in [0.5, 0.6) is 5.75 Å². The second kappa shape index (κ2) is 8.52. The molecule has 4 rings (SSSR count). The highest BCUT2D eigenvalue weighted by atomic mass is 35.5. The maximum absolute atomic E-state index is 12.8. The standard InChI is InChI=1S/C24H25ClN2O2/c1-16-20-5-3-4-6-21(20)26-22(23(16)25)15-27-13-11-18(12-14-27)24(28)17-7-9-19(29-2)10-8-17/h3-10,18H,11-15H2,1-2H3. The monoisotopic (exact) mass is 408 g/mol. The van der Waals surface area contributed by atoms with Gasteiger partial charge in [-0.15, -0.1) is 0 Å². The fourth-order valence-electron chi connectivity index (χ4n) is 4.08. The van der Waals surface area contributed by atoms with Gasteiger partial charge in [-0.25, -0.2) is 4.98 Å². The number of para-hydroxylation sites is 1. The molecule has 0 N–H and O–H groups in total. The van der Waals surface area contributed by atoms with E-state index in [1.165, 1.54) is 0 Å². The molecule has 1 fully saturated rings. The van der Waals surface area contributed by atoms with Gasteiger partial charge in [-0.05, 0) is 68.8 Å². The summed E-state index contributed by atoms with van der Waals surface area (Å²) in [6.07, 6.45) is 1.71. The average molecular weight is 409 g/mol. The summed E-state index contributed by atoms with van der Waals surface area (Å²) in [6.45, 7) is 4.51. The molecule has 0 aliphatic carbocycles. The molecule has 1 saturated heterocycles. The Hall–Kier alpha value is -2.43. The van der Waals surface area contributed by atoms with E-state index in [1.807, 2.05) is 42.5 Å². The number of piperidine rings is 1. The molecule has 0 amide bonds. The first kappa shape index (κ1) is 19.9. The molecular weight excluding hydrogens is 384 g/mol. The lowest BCUT2D eigenvalue weighted by Crippen LogP contribution is -2.36. The number of aromatic nitrogens is 1. The van der Waals surface area contributed by atoms with Crippen LogP contribution in [-0.4, -0.2) is 35.9 Å². The summed E-state index contributed by atoms with van der Waals surface area (Å²) in [5.74, 6) is 1.07. The predicted molar refractivity (Wildman–Crippen MR) is 117 cm³/mol. The van der Waals surface area contributed by atoms with Crippen molar-refractivity contribution in [1.29, 1.82) is 0 Å². The van der Waals surface area contributed by atoms with Crippen molar-refractivity contribution in [1.82, 2.24) is 9.88 Å². The maximum atomic E-state index is 12.8. The number of Topliss-reactive ketones (excluding diaryl/α,β-unsaturated/α-hetero) is 1. The van der Waals surface area contributed by atoms with Crippen molar-refractivity contribution in [3.8, 4) is 5.75 Å². The fraction of sp³-hybridized carbons (Fsp3) is 0.333. The summed E-state index contributed by atoms with van der Waals surface area (Å²) in [7, 11) is 1.63. The van der Waals surface area contributed by atoms with E-state index < -0.39 is 0 Å². The first-order chi connectivity index (χ1) is 14.1. The van der Waals surface area contributed by atoms with Gasteiger partial charge >= 0.3 is 0 Å². The van der Waals surface area contributed by atoms with Gasteiger partial charge in [0, 0.05) is 23.4 Å². The van der Waals surface area contributed by atoms with E-state index >= 15 is 0 Å². The van der Waals surface area contributed by atoms with E-state index in [4.69, 9.17) is 21.3 Å². The van der Waals surface area contributed by atoms with Crippen molar-refractivity contribution in [2.75, 3.05) is 20.2 Å². The lowest BCUT2D eigenvalue weighted by molar-refractivity contribution is 0.0834. The highest BCUT2D eigenvalue weighted by Crippen LogP contribution is 2.29. The highest BCUT2D eigenvalue weighted by Gasteiger charge is 2.26. The van der Waals surface area contributed by atoms with Crippen LogP contribution >= 0.6 is 11.6 Å². The van der Waals surface area contributed by atoms with Crippen molar-refractivity contribution in [2.45, 2.75) is 26.3 Å².